The van der Waals surface area contributed by atoms with Gasteiger partial charge in [-0.1, -0.05) is 57.2 Å². The number of rotatable bonds is 6. The first-order valence-electron chi connectivity index (χ1n) is 9.57. The maximum absolute atomic E-state index is 5.65. The van der Waals surface area contributed by atoms with Gasteiger partial charge in [-0.2, -0.15) is 0 Å². The van der Waals surface area contributed by atoms with Crippen LogP contribution in [0.5, 0.6) is 0 Å². The van der Waals surface area contributed by atoms with Gasteiger partial charge in [0.15, 0.2) is 0 Å². The van der Waals surface area contributed by atoms with Crippen LogP contribution in [0.15, 0.2) is 42.5 Å². The molecule has 1 aromatic heterocycles. The summed E-state index contributed by atoms with van der Waals surface area (Å²) in [7, 11) is 4.17. The molecule has 1 aliphatic heterocycles. The molecule has 2 aromatic rings. The van der Waals surface area contributed by atoms with Gasteiger partial charge < -0.3 is 15.0 Å². The van der Waals surface area contributed by atoms with Gasteiger partial charge in [-0.25, -0.2) is 4.98 Å². The molecule has 1 fully saturated rings. The maximum Gasteiger partial charge on any atom is 0.126 e. The van der Waals surface area contributed by atoms with Crippen LogP contribution in [0.2, 0.25) is 0 Å². The standard InChI is InChI=1S/C20H27N3O.C2H6/c1-20(11-12-24-15-20)17-9-10-19(22-18(17)14-23(2)3)21-13-16-7-5-4-6-8-16;1-2/h4-10H,11-15H2,1-3H3,(H,21,22);1-2H3. The number of ether oxygens (including phenoxy) is 1. The number of pyridine rings is 1. The highest BCUT2D eigenvalue weighted by molar-refractivity contribution is 5.42. The predicted molar refractivity (Wildman–Crippen MR) is 110 cm³/mol. The van der Waals surface area contributed by atoms with E-state index in [1.807, 2.05) is 19.9 Å². The van der Waals surface area contributed by atoms with Crippen LogP contribution in [0.25, 0.3) is 0 Å². The van der Waals surface area contributed by atoms with Crippen molar-refractivity contribution in [1.29, 1.82) is 0 Å². The predicted octanol–water partition coefficient (Wildman–Crippen LogP) is 4.46. The van der Waals surface area contributed by atoms with Gasteiger partial charge in [0.1, 0.15) is 5.82 Å². The van der Waals surface area contributed by atoms with Gasteiger partial charge in [0, 0.05) is 25.1 Å². The van der Waals surface area contributed by atoms with Gasteiger partial charge in [0.05, 0.1) is 12.3 Å². The van der Waals surface area contributed by atoms with Gasteiger partial charge in [0.25, 0.3) is 0 Å². The van der Waals surface area contributed by atoms with E-state index in [0.29, 0.717) is 0 Å². The minimum absolute atomic E-state index is 0.0797. The van der Waals surface area contributed by atoms with Crippen LogP contribution >= 0.6 is 0 Å². The van der Waals surface area contributed by atoms with E-state index in [1.165, 1.54) is 11.1 Å². The fourth-order valence-corrected chi connectivity index (χ4v) is 3.24. The highest BCUT2D eigenvalue weighted by Gasteiger charge is 2.34. The molecule has 4 heteroatoms. The van der Waals surface area contributed by atoms with E-state index in [9.17, 15) is 0 Å². The quantitative estimate of drug-likeness (QED) is 0.830. The zero-order valence-electron chi connectivity index (χ0n) is 16.9. The lowest BCUT2D eigenvalue weighted by Gasteiger charge is -2.26. The lowest BCUT2D eigenvalue weighted by Crippen LogP contribution is -2.26. The molecule has 4 nitrogen and oxygen atoms in total. The second kappa shape index (κ2) is 9.70. The van der Waals surface area contributed by atoms with Crippen LogP contribution in [0.1, 0.15) is 44.0 Å². The van der Waals surface area contributed by atoms with Gasteiger partial charge in [-0.15, -0.1) is 0 Å². The van der Waals surface area contributed by atoms with Crippen molar-refractivity contribution < 1.29 is 4.74 Å². The number of nitrogens with one attached hydrogen (secondary N) is 1. The van der Waals surface area contributed by atoms with Gasteiger partial charge in [-0.05, 0) is 37.7 Å². The van der Waals surface area contributed by atoms with Gasteiger partial charge >= 0.3 is 0 Å². The Morgan fingerprint density at radius 3 is 2.46 bits per heavy atom. The zero-order valence-corrected chi connectivity index (χ0v) is 16.9. The number of hydrogen-bond donors (Lipinski definition) is 1. The number of aromatic nitrogens is 1. The van der Waals surface area contributed by atoms with Crippen molar-refractivity contribution >= 4 is 5.82 Å². The first kappa shape index (κ1) is 20.4. The second-order valence-corrected chi connectivity index (χ2v) is 7.13. The van der Waals surface area contributed by atoms with Crippen LogP contribution < -0.4 is 5.32 Å². The van der Waals surface area contributed by atoms with Crippen LogP contribution in [0.4, 0.5) is 5.82 Å². The van der Waals surface area contributed by atoms with Crippen LogP contribution in [-0.2, 0) is 23.2 Å². The summed E-state index contributed by atoms with van der Waals surface area (Å²) < 4.78 is 5.65. The Bertz CT molecular complexity index is 664. The van der Waals surface area contributed by atoms with Crippen molar-refractivity contribution in [1.82, 2.24) is 9.88 Å². The van der Waals surface area contributed by atoms with E-state index < -0.39 is 0 Å². The topological polar surface area (TPSA) is 37.4 Å². The van der Waals surface area contributed by atoms with E-state index >= 15 is 0 Å². The summed E-state index contributed by atoms with van der Waals surface area (Å²) in [4.78, 5) is 7.08. The van der Waals surface area contributed by atoms with Crippen molar-refractivity contribution in [2.75, 3.05) is 32.6 Å². The average molecular weight is 356 g/mol. The monoisotopic (exact) mass is 355 g/mol. The van der Waals surface area contributed by atoms with Gasteiger partial charge in [0.2, 0.25) is 0 Å². The van der Waals surface area contributed by atoms with Crippen molar-refractivity contribution in [3.05, 3.63) is 59.3 Å². The molecule has 0 bridgehead atoms. The summed E-state index contributed by atoms with van der Waals surface area (Å²) in [5.74, 6) is 0.932. The summed E-state index contributed by atoms with van der Waals surface area (Å²) >= 11 is 0. The molecule has 26 heavy (non-hydrogen) atoms. The van der Waals surface area contributed by atoms with E-state index in [-0.39, 0.29) is 5.41 Å². The molecule has 1 N–H and O–H groups in total. The molecule has 0 radical (unpaired) electrons. The summed E-state index contributed by atoms with van der Waals surface area (Å²) in [6, 6.07) is 14.7. The Morgan fingerprint density at radius 1 is 1.12 bits per heavy atom. The minimum Gasteiger partial charge on any atom is -0.380 e. The molecule has 1 aliphatic rings. The van der Waals surface area contributed by atoms with Crippen LogP contribution in [0.3, 0.4) is 0 Å². The van der Waals surface area contributed by atoms with E-state index in [2.05, 4.69) is 67.6 Å². The van der Waals surface area contributed by atoms with Crippen molar-refractivity contribution in [2.24, 2.45) is 0 Å². The van der Waals surface area contributed by atoms with Crippen LogP contribution in [0, 0.1) is 0 Å². The molecular weight excluding hydrogens is 322 g/mol. The Kier molecular flexibility index (Phi) is 7.61. The molecular formula is C22H33N3O. The Hall–Kier alpha value is -1.91. The van der Waals surface area contributed by atoms with Crippen molar-refractivity contribution in [3.8, 4) is 0 Å². The minimum atomic E-state index is 0.0797. The molecule has 3 rings (SSSR count). The third-order valence-corrected chi connectivity index (χ3v) is 4.63. The third kappa shape index (κ3) is 5.29. The molecule has 0 amide bonds. The highest BCUT2D eigenvalue weighted by Crippen LogP contribution is 2.35. The number of hydrogen-bond acceptors (Lipinski definition) is 4. The lowest BCUT2D eigenvalue weighted by molar-refractivity contribution is 0.180. The largest absolute Gasteiger partial charge is 0.380 e. The van der Waals surface area contributed by atoms with E-state index in [1.54, 1.807) is 0 Å². The average Bonchev–Trinajstić information content (AvgIpc) is 3.10. The number of nitrogens with zero attached hydrogens (tertiary/aromatic N) is 2. The van der Waals surface area contributed by atoms with Gasteiger partial charge in [-0.3, -0.25) is 0 Å². The maximum atomic E-state index is 5.65. The molecule has 2 heterocycles. The molecule has 0 aliphatic carbocycles. The molecule has 142 valence electrons. The summed E-state index contributed by atoms with van der Waals surface area (Å²) in [6.45, 7) is 9.53. The Morgan fingerprint density at radius 2 is 1.85 bits per heavy atom. The molecule has 1 saturated heterocycles. The SMILES string of the molecule is CC.CN(C)Cc1nc(NCc2ccccc2)ccc1C1(C)CCOC1. The summed E-state index contributed by atoms with van der Waals surface area (Å²) in [5.41, 5.74) is 3.80. The lowest BCUT2D eigenvalue weighted by atomic mass is 9.81. The molecule has 1 unspecified atom stereocenters. The van der Waals surface area contributed by atoms with Crippen LogP contribution in [-0.4, -0.2) is 37.2 Å². The first-order valence-corrected chi connectivity index (χ1v) is 9.57. The smallest absolute Gasteiger partial charge is 0.126 e. The fraction of sp³-hybridized carbons (Fsp3) is 0.500. The second-order valence-electron chi connectivity index (χ2n) is 7.13. The Labute approximate surface area is 158 Å². The number of anilines is 1. The third-order valence-electron chi connectivity index (χ3n) is 4.63. The summed E-state index contributed by atoms with van der Waals surface area (Å²) in [5, 5.41) is 3.44. The molecule has 0 spiro atoms. The molecule has 1 atom stereocenters. The fourth-order valence-electron chi connectivity index (χ4n) is 3.24. The first-order chi connectivity index (χ1) is 12.6. The zero-order chi connectivity index (χ0) is 19.0. The van der Waals surface area contributed by atoms with Crippen molar-refractivity contribution in [2.45, 2.75) is 45.7 Å². The highest BCUT2D eigenvalue weighted by atomic mass is 16.5. The van der Waals surface area contributed by atoms with E-state index in [0.717, 1.165) is 44.2 Å². The molecule has 1 aromatic carbocycles. The van der Waals surface area contributed by atoms with E-state index in [4.69, 9.17) is 9.72 Å². The Balaban J connectivity index is 0.00000117. The summed E-state index contributed by atoms with van der Waals surface area (Å²) in [6.07, 6.45) is 1.06. The molecule has 0 saturated carbocycles. The number of benzene rings is 1. The van der Waals surface area contributed by atoms with Crippen molar-refractivity contribution in [3.63, 3.8) is 0 Å². The normalized spacial score (nSPS) is 19.2.